The van der Waals surface area contributed by atoms with E-state index in [9.17, 15) is 4.79 Å². The van der Waals surface area contributed by atoms with Crippen LogP contribution in [0.3, 0.4) is 0 Å². The first-order valence-corrected chi connectivity index (χ1v) is 11.2. The molecule has 0 saturated carbocycles. The number of amides is 1. The van der Waals surface area contributed by atoms with E-state index in [2.05, 4.69) is 9.97 Å². The van der Waals surface area contributed by atoms with Gasteiger partial charge in [0.1, 0.15) is 23.0 Å². The Hall–Kier alpha value is -3.74. The molecule has 1 unspecified atom stereocenters. The molecule has 0 aliphatic carbocycles. The number of benzene rings is 2. The maximum absolute atomic E-state index is 13.2. The number of likely N-dealkylation sites (tertiary alicyclic amines) is 1. The molecule has 2 aromatic carbocycles. The van der Waals surface area contributed by atoms with Crippen LogP contribution >= 0.6 is 0 Å². The number of aromatic nitrogens is 2. The van der Waals surface area contributed by atoms with Crippen LogP contribution in [0.1, 0.15) is 46.5 Å². The molecule has 1 amide bonds. The minimum Gasteiger partial charge on any atom is -0.497 e. The summed E-state index contributed by atoms with van der Waals surface area (Å²) in [6.07, 6.45) is 4.33. The number of ether oxygens (including phenoxy) is 2. The van der Waals surface area contributed by atoms with Crippen LogP contribution < -0.4 is 9.47 Å². The first kappa shape index (κ1) is 21.1. The Kier molecular flexibility index (Phi) is 5.77. The fourth-order valence-electron chi connectivity index (χ4n) is 4.49. The van der Waals surface area contributed by atoms with E-state index in [1.54, 1.807) is 20.4 Å². The average molecular weight is 446 g/mol. The molecule has 1 aliphatic heterocycles. The van der Waals surface area contributed by atoms with Crippen LogP contribution in [0.2, 0.25) is 0 Å². The molecular weight excluding hydrogens is 418 g/mol. The number of hydrogen-bond acceptors (Lipinski definition) is 5. The van der Waals surface area contributed by atoms with Crippen LogP contribution in [-0.2, 0) is 6.42 Å². The van der Waals surface area contributed by atoms with Crippen LogP contribution in [-0.4, -0.2) is 48.1 Å². The molecule has 1 saturated heterocycles. The monoisotopic (exact) mass is 445 g/mol. The molecule has 7 nitrogen and oxygen atoms in total. The topological polar surface area (TPSA) is 80.6 Å². The summed E-state index contributed by atoms with van der Waals surface area (Å²) in [6, 6.07) is 15.6. The van der Waals surface area contributed by atoms with Crippen molar-refractivity contribution in [2.24, 2.45) is 0 Å². The van der Waals surface area contributed by atoms with Crippen molar-refractivity contribution < 1.29 is 18.7 Å². The van der Waals surface area contributed by atoms with E-state index in [4.69, 9.17) is 13.9 Å². The lowest BCUT2D eigenvalue weighted by molar-refractivity contribution is 0.0693. The van der Waals surface area contributed by atoms with Crippen molar-refractivity contribution in [2.45, 2.75) is 25.2 Å². The van der Waals surface area contributed by atoms with Gasteiger partial charge < -0.3 is 23.8 Å². The zero-order chi connectivity index (χ0) is 22.8. The number of nitrogens with one attached hydrogen (secondary N) is 1. The molecule has 0 spiro atoms. The number of piperidine rings is 1. The van der Waals surface area contributed by atoms with Gasteiger partial charge in [0.25, 0.3) is 5.91 Å². The number of methoxy groups -OCH3 is 2. The van der Waals surface area contributed by atoms with E-state index in [1.807, 2.05) is 53.4 Å². The van der Waals surface area contributed by atoms with E-state index < -0.39 is 0 Å². The highest BCUT2D eigenvalue weighted by Crippen LogP contribution is 2.30. The number of carbonyl (C=O) groups is 1. The van der Waals surface area contributed by atoms with Gasteiger partial charge in [0.05, 0.1) is 26.3 Å². The number of nitrogens with zero attached hydrogens (tertiary/aromatic N) is 2. The highest BCUT2D eigenvalue weighted by atomic mass is 16.5. The molecule has 170 valence electrons. The van der Waals surface area contributed by atoms with Gasteiger partial charge in [-0.3, -0.25) is 4.79 Å². The van der Waals surface area contributed by atoms with Gasteiger partial charge in [0.2, 0.25) is 0 Å². The second-order valence-corrected chi connectivity index (χ2v) is 8.38. The van der Waals surface area contributed by atoms with Gasteiger partial charge in [-0.1, -0.05) is 18.2 Å². The highest BCUT2D eigenvalue weighted by molar-refractivity contribution is 5.99. The Bertz CT molecular complexity index is 1260. The number of fused-ring (bicyclic) bond motifs is 1. The zero-order valence-electron chi connectivity index (χ0n) is 18.8. The standard InChI is InChI=1S/C26H27N3O4/c1-31-19-10-8-17(9-11-19)13-20-15-27-25(33-20)18-5-4-12-29(16-18)26(30)23-14-21-22(28-23)6-3-7-24(21)32-2/h3,6-11,14-15,18,28H,4-5,12-13,16H2,1-2H3. The predicted octanol–water partition coefficient (Wildman–Crippen LogP) is 4.78. The molecule has 1 aliphatic rings. The van der Waals surface area contributed by atoms with Crippen molar-refractivity contribution in [1.82, 2.24) is 14.9 Å². The molecule has 4 aromatic rings. The minimum absolute atomic E-state index is 0.0111. The molecule has 7 heteroatoms. The van der Waals surface area contributed by atoms with E-state index in [-0.39, 0.29) is 11.8 Å². The SMILES string of the molecule is COc1ccc(Cc2cnc(C3CCCN(C(=O)c4cc5c(OC)cccc5[nH]4)C3)o2)cc1. The van der Waals surface area contributed by atoms with Crippen LogP contribution in [0.25, 0.3) is 10.9 Å². The Labute approximate surface area is 192 Å². The second-order valence-electron chi connectivity index (χ2n) is 8.38. The van der Waals surface area contributed by atoms with E-state index in [1.165, 1.54) is 0 Å². The van der Waals surface area contributed by atoms with Crippen molar-refractivity contribution >= 4 is 16.8 Å². The fraction of sp³-hybridized carbons (Fsp3) is 0.308. The first-order valence-electron chi connectivity index (χ1n) is 11.2. The van der Waals surface area contributed by atoms with Crippen LogP contribution in [0.15, 0.2) is 59.1 Å². The van der Waals surface area contributed by atoms with Gasteiger partial charge in [-0.15, -0.1) is 0 Å². The van der Waals surface area contributed by atoms with Crippen molar-refractivity contribution in [2.75, 3.05) is 27.3 Å². The van der Waals surface area contributed by atoms with Crippen molar-refractivity contribution in [3.05, 3.63) is 77.6 Å². The van der Waals surface area contributed by atoms with Gasteiger partial charge in [0, 0.05) is 30.4 Å². The predicted molar refractivity (Wildman–Crippen MR) is 125 cm³/mol. The molecular formula is C26H27N3O4. The molecule has 1 N–H and O–H groups in total. The third-order valence-electron chi connectivity index (χ3n) is 6.24. The van der Waals surface area contributed by atoms with Crippen molar-refractivity contribution in [3.8, 4) is 11.5 Å². The van der Waals surface area contributed by atoms with E-state index >= 15 is 0 Å². The number of aromatic amines is 1. The number of rotatable bonds is 6. The summed E-state index contributed by atoms with van der Waals surface area (Å²) >= 11 is 0. The van der Waals surface area contributed by atoms with Crippen LogP contribution in [0.5, 0.6) is 11.5 Å². The fourth-order valence-corrected chi connectivity index (χ4v) is 4.49. The van der Waals surface area contributed by atoms with Gasteiger partial charge >= 0.3 is 0 Å². The Balaban J connectivity index is 1.28. The number of H-pyrrole nitrogens is 1. The van der Waals surface area contributed by atoms with Gasteiger partial charge in [-0.2, -0.15) is 0 Å². The Morgan fingerprint density at radius 1 is 1.18 bits per heavy atom. The maximum atomic E-state index is 13.2. The zero-order valence-corrected chi connectivity index (χ0v) is 18.8. The summed E-state index contributed by atoms with van der Waals surface area (Å²) in [7, 11) is 3.29. The van der Waals surface area contributed by atoms with Gasteiger partial charge in [-0.25, -0.2) is 4.98 Å². The lowest BCUT2D eigenvalue weighted by Crippen LogP contribution is -2.39. The van der Waals surface area contributed by atoms with Crippen molar-refractivity contribution in [1.29, 1.82) is 0 Å². The van der Waals surface area contributed by atoms with E-state index in [0.29, 0.717) is 24.6 Å². The maximum Gasteiger partial charge on any atom is 0.270 e. The quantitative estimate of drug-likeness (QED) is 0.462. The summed E-state index contributed by atoms with van der Waals surface area (Å²) in [4.78, 5) is 22.9. The smallest absolute Gasteiger partial charge is 0.270 e. The average Bonchev–Trinajstić information content (AvgIpc) is 3.51. The third-order valence-corrected chi connectivity index (χ3v) is 6.24. The summed E-state index contributed by atoms with van der Waals surface area (Å²) in [5.41, 5.74) is 2.60. The molecule has 1 fully saturated rings. The minimum atomic E-state index is -0.0111. The van der Waals surface area contributed by atoms with Gasteiger partial charge in [-0.05, 0) is 48.7 Å². The molecule has 3 heterocycles. The lowest BCUT2D eigenvalue weighted by Gasteiger charge is -2.31. The van der Waals surface area contributed by atoms with Crippen molar-refractivity contribution in [3.63, 3.8) is 0 Å². The molecule has 5 rings (SSSR count). The Morgan fingerprint density at radius 3 is 2.82 bits per heavy atom. The number of oxazole rings is 1. The molecule has 0 bridgehead atoms. The Morgan fingerprint density at radius 2 is 2.03 bits per heavy atom. The summed E-state index contributed by atoms with van der Waals surface area (Å²) in [5, 5.41) is 0.910. The molecule has 33 heavy (non-hydrogen) atoms. The largest absolute Gasteiger partial charge is 0.497 e. The molecule has 1 atom stereocenters. The summed E-state index contributed by atoms with van der Waals surface area (Å²) in [6.45, 7) is 1.31. The van der Waals surface area contributed by atoms with E-state index in [0.717, 1.165) is 53.1 Å². The summed E-state index contributed by atoms with van der Waals surface area (Å²) in [5.74, 6) is 3.19. The second kappa shape index (κ2) is 9.02. The normalized spacial score (nSPS) is 16.2. The number of hydrogen-bond donors (Lipinski definition) is 1. The lowest BCUT2D eigenvalue weighted by atomic mass is 9.97. The highest BCUT2D eigenvalue weighted by Gasteiger charge is 2.29. The first-order chi connectivity index (χ1) is 16.1. The molecule has 2 aromatic heterocycles. The van der Waals surface area contributed by atoms with Gasteiger partial charge in [0.15, 0.2) is 5.89 Å². The number of carbonyl (C=O) groups excluding carboxylic acids is 1. The third kappa shape index (κ3) is 4.31. The van der Waals surface area contributed by atoms with Crippen LogP contribution in [0, 0.1) is 0 Å². The van der Waals surface area contributed by atoms with Crippen LogP contribution in [0.4, 0.5) is 0 Å². The summed E-state index contributed by atoms with van der Waals surface area (Å²) < 4.78 is 16.7. The molecule has 0 radical (unpaired) electrons.